The molecule has 3 aromatic rings. The minimum absolute atomic E-state index is 0.719. The van der Waals surface area contributed by atoms with Gasteiger partial charge in [-0.15, -0.1) is 0 Å². The molecule has 0 bridgehead atoms. The molecule has 0 radical (unpaired) electrons. The third-order valence-corrected chi connectivity index (χ3v) is 4.85. The van der Waals surface area contributed by atoms with Gasteiger partial charge in [0.1, 0.15) is 0 Å². The van der Waals surface area contributed by atoms with Gasteiger partial charge in [0.15, 0.2) is 0 Å². The van der Waals surface area contributed by atoms with Crippen LogP contribution < -0.4 is 5.73 Å². The van der Waals surface area contributed by atoms with Crippen LogP contribution in [0.1, 0.15) is 29.5 Å². The summed E-state index contributed by atoms with van der Waals surface area (Å²) in [7, 11) is 0. The van der Waals surface area contributed by atoms with E-state index in [4.69, 9.17) is 5.73 Å². The summed E-state index contributed by atoms with van der Waals surface area (Å²) < 4.78 is 0. The molecule has 1 aliphatic carbocycles. The number of aryl methyl sites for hydroxylation is 2. The van der Waals surface area contributed by atoms with Gasteiger partial charge in [0.05, 0.1) is 0 Å². The van der Waals surface area contributed by atoms with E-state index in [1.807, 2.05) is 0 Å². The molecule has 0 spiro atoms. The van der Waals surface area contributed by atoms with Crippen molar-refractivity contribution in [3.05, 3.63) is 59.2 Å². The molecular weight excluding hydrogens is 254 g/mol. The average molecular weight is 275 g/mol. The van der Waals surface area contributed by atoms with Crippen molar-refractivity contribution in [2.24, 2.45) is 5.73 Å². The Balaban J connectivity index is 2.14. The molecule has 1 heteroatoms. The molecule has 0 unspecified atom stereocenters. The van der Waals surface area contributed by atoms with Gasteiger partial charge < -0.3 is 5.73 Å². The highest BCUT2D eigenvalue weighted by Gasteiger charge is 2.16. The fourth-order valence-corrected chi connectivity index (χ4v) is 3.90. The standard InChI is InChI=1S/C20H21N/c21-12-11-16-13-15-6-2-3-7-17(15)19-10-9-14-5-1-4-8-18(14)20(16)19/h2-3,6-7,9-10,13H,1,4-5,8,11-12,21H2. The first kappa shape index (κ1) is 12.8. The van der Waals surface area contributed by atoms with E-state index >= 15 is 0 Å². The van der Waals surface area contributed by atoms with Crippen molar-refractivity contribution in [3.8, 4) is 0 Å². The zero-order valence-corrected chi connectivity index (χ0v) is 12.4. The van der Waals surface area contributed by atoms with Crippen molar-refractivity contribution in [2.45, 2.75) is 32.1 Å². The lowest BCUT2D eigenvalue weighted by molar-refractivity contribution is 0.689. The monoisotopic (exact) mass is 275 g/mol. The second-order valence-electron chi connectivity index (χ2n) is 6.13. The van der Waals surface area contributed by atoms with Crippen LogP contribution in [-0.4, -0.2) is 6.54 Å². The number of fused-ring (bicyclic) bond motifs is 5. The summed E-state index contributed by atoms with van der Waals surface area (Å²) in [6.07, 6.45) is 6.08. The summed E-state index contributed by atoms with van der Waals surface area (Å²) >= 11 is 0. The van der Waals surface area contributed by atoms with E-state index in [2.05, 4.69) is 42.5 Å². The number of hydrogen-bond donors (Lipinski definition) is 1. The van der Waals surface area contributed by atoms with Gasteiger partial charge in [0.2, 0.25) is 0 Å². The average Bonchev–Trinajstić information content (AvgIpc) is 2.54. The SMILES string of the molecule is NCCc1cc2ccccc2c2ccc3c(c12)CCCC3. The second-order valence-corrected chi connectivity index (χ2v) is 6.13. The lowest BCUT2D eigenvalue weighted by atomic mass is 9.84. The molecule has 21 heavy (non-hydrogen) atoms. The molecular formula is C20H21N. The summed E-state index contributed by atoms with van der Waals surface area (Å²) in [4.78, 5) is 0. The second kappa shape index (κ2) is 5.16. The molecule has 2 N–H and O–H groups in total. The van der Waals surface area contributed by atoms with E-state index in [1.54, 1.807) is 11.1 Å². The maximum absolute atomic E-state index is 5.87. The summed E-state index contributed by atoms with van der Waals surface area (Å²) in [5.74, 6) is 0. The molecule has 1 aliphatic rings. The predicted molar refractivity (Wildman–Crippen MR) is 90.9 cm³/mol. The molecule has 106 valence electrons. The molecule has 0 heterocycles. The van der Waals surface area contributed by atoms with Crippen LogP contribution in [0, 0.1) is 0 Å². The third-order valence-electron chi connectivity index (χ3n) is 4.85. The Bertz CT molecular complexity index is 817. The normalized spacial score (nSPS) is 14.5. The van der Waals surface area contributed by atoms with E-state index in [1.165, 1.54) is 52.8 Å². The number of nitrogens with two attached hydrogens (primary N) is 1. The smallest absolute Gasteiger partial charge is 0.00365 e. The van der Waals surface area contributed by atoms with Crippen LogP contribution in [0.2, 0.25) is 0 Å². The lowest BCUT2D eigenvalue weighted by Crippen LogP contribution is -2.08. The lowest BCUT2D eigenvalue weighted by Gasteiger charge is -2.21. The Morgan fingerprint density at radius 1 is 0.905 bits per heavy atom. The van der Waals surface area contributed by atoms with Gasteiger partial charge >= 0.3 is 0 Å². The van der Waals surface area contributed by atoms with Gasteiger partial charge in [0, 0.05) is 0 Å². The first-order chi connectivity index (χ1) is 10.4. The van der Waals surface area contributed by atoms with Crippen LogP contribution in [0.5, 0.6) is 0 Å². The molecule has 0 saturated carbocycles. The van der Waals surface area contributed by atoms with E-state index in [9.17, 15) is 0 Å². The first-order valence-electron chi connectivity index (χ1n) is 8.03. The predicted octanol–water partition coefficient (Wildman–Crippen LogP) is 4.37. The molecule has 1 nitrogen and oxygen atoms in total. The highest BCUT2D eigenvalue weighted by molar-refractivity contribution is 6.10. The Morgan fingerprint density at radius 3 is 2.67 bits per heavy atom. The third kappa shape index (κ3) is 2.04. The Morgan fingerprint density at radius 2 is 1.76 bits per heavy atom. The van der Waals surface area contributed by atoms with Crippen molar-refractivity contribution in [1.29, 1.82) is 0 Å². The van der Waals surface area contributed by atoms with Crippen molar-refractivity contribution < 1.29 is 0 Å². The minimum atomic E-state index is 0.719. The fraction of sp³-hybridized carbons (Fsp3) is 0.300. The van der Waals surface area contributed by atoms with Gasteiger partial charge in [-0.05, 0) is 76.9 Å². The van der Waals surface area contributed by atoms with Crippen molar-refractivity contribution in [2.75, 3.05) is 6.54 Å². The quantitative estimate of drug-likeness (QED) is 0.690. The maximum Gasteiger partial charge on any atom is -0.00365 e. The van der Waals surface area contributed by atoms with Crippen LogP contribution in [-0.2, 0) is 19.3 Å². The van der Waals surface area contributed by atoms with E-state index in [0.717, 1.165) is 13.0 Å². The molecule has 4 rings (SSSR count). The topological polar surface area (TPSA) is 26.0 Å². The molecule has 0 aliphatic heterocycles. The summed E-state index contributed by atoms with van der Waals surface area (Å²) in [6.45, 7) is 0.719. The number of rotatable bonds is 2. The molecule has 0 saturated heterocycles. The van der Waals surface area contributed by atoms with Gasteiger partial charge in [-0.25, -0.2) is 0 Å². The molecule has 0 fully saturated rings. The zero-order valence-electron chi connectivity index (χ0n) is 12.4. The molecule has 0 amide bonds. The number of hydrogen-bond acceptors (Lipinski definition) is 1. The van der Waals surface area contributed by atoms with Crippen molar-refractivity contribution in [3.63, 3.8) is 0 Å². The highest BCUT2D eigenvalue weighted by atomic mass is 14.5. The van der Waals surface area contributed by atoms with Gasteiger partial charge in [-0.3, -0.25) is 0 Å². The van der Waals surface area contributed by atoms with Gasteiger partial charge in [-0.1, -0.05) is 42.5 Å². The highest BCUT2D eigenvalue weighted by Crippen LogP contribution is 2.36. The Hall–Kier alpha value is -1.86. The van der Waals surface area contributed by atoms with Crippen molar-refractivity contribution >= 4 is 21.5 Å². The van der Waals surface area contributed by atoms with Gasteiger partial charge in [-0.2, -0.15) is 0 Å². The largest absolute Gasteiger partial charge is 0.330 e. The van der Waals surface area contributed by atoms with Crippen LogP contribution in [0.15, 0.2) is 42.5 Å². The van der Waals surface area contributed by atoms with Crippen LogP contribution in [0.4, 0.5) is 0 Å². The molecule has 0 atom stereocenters. The Labute approximate surface area is 125 Å². The minimum Gasteiger partial charge on any atom is -0.330 e. The zero-order chi connectivity index (χ0) is 14.2. The van der Waals surface area contributed by atoms with Gasteiger partial charge in [0.25, 0.3) is 0 Å². The Kier molecular flexibility index (Phi) is 3.16. The summed E-state index contributed by atoms with van der Waals surface area (Å²) in [5.41, 5.74) is 10.5. The van der Waals surface area contributed by atoms with E-state index in [0.29, 0.717) is 0 Å². The molecule has 0 aromatic heterocycles. The number of benzene rings is 3. The summed E-state index contributed by atoms with van der Waals surface area (Å²) in [6, 6.07) is 15.8. The van der Waals surface area contributed by atoms with E-state index in [-0.39, 0.29) is 0 Å². The maximum atomic E-state index is 5.87. The fourth-order valence-electron chi connectivity index (χ4n) is 3.90. The van der Waals surface area contributed by atoms with Crippen LogP contribution in [0.3, 0.4) is 0 Å². The first-order valence-corrected chi connectivity index (χ1v) is 8.03. The van der Waals surface area contributed by atoms with E-state index < -0.39 is 0 Å². The summed E-state index contributed by atoms with van der Waals surface area (Å²) in [5, 5.41) is 5.62. The van der Waals surface area contributed by atoms with Crippen LogP contribution >= 0.6 is 0 Å². The molecule has 3 aromatic carbocycles. The van der Waals surface area contributed by atoms with Crippen LogP contribution in [0.25, 0.3) is 21.5 Å². The van der Waals surface area contributed by atoms with Crippen molar-refractivity contribution in [1.82, 2.24) is 0 Å².